The van der Waals surface area contributed by atoms with Crippen molar-refractivity contribution in [3.05, 3.63) is 0 Å². The number of hydrogen-bond donors (Lipinski definition) is 1. The lowest BCUT2D eigenvalue weighted by molar-refractivity contribution is 0.0634. The normalized spacial score (nSPS) is 32.1. The molecule has 0 radical (unpaired) electrons. The molecule has 2 rings (SSSR count). The van der Waals surface area contributed by atoms with Gasteiger partial charge in [0.05, 0.1) is 6.61 Å². The molecule has 2 fully saturated rings. The van der Waals surface area contributed by atoms with E-state index in [1.54, 1.807) is 0 Å². The number of rotatable bonds is 7. The smallest absolute Gasteiger partial charge is 0.0589 e. The highest BCUT2D eigenvalue weighted by Crippen LogP contribution is 2.31. The molecule has 3 unspecified atom stereocenters. The SMILES string of the molecule is CCC1CCCCC1N(CCOC)CC1CCCN1. The van der Waals surface area contributed by atoms with Crippen LogP contribution in [0.3, 0.4) is 0 Å². The van der Waals surface area contributed by atoms with Crippen LogP contribution in [-0.4, -0.2) is 50.3 Å². The van der Waals surface area contributed by atoms with Crippen molar-refractivity contribution in [2.24, 2.45) is 5.92 Å². The lowest BCUT2D eigenvalue weighted by atomic mass is 9.81. The van der Waals surface area contributed by atoms with Crippen molar-refractivity contribution in [1.82, 2.24) is 10.2 Å². The summed E-state index contributed by atoms with van der Waals surface area (Å²) in [6, 6.07) is 1.52. The second-order valence-corrected chi connectivity index (χ2v) is 6.30. The summed E-state index contributed by atoms with van der Waals surface area (Å²) in [6.07, 6.45) is 9.74. The Balaban J connectivity index is 1.93. The van der Waals surface area contributed by atoms with Gasteiger partial charge in [-0.05, 0) is 38.1 Å². The number of hydrogen-bond acceptors (Lipinski definition) is 3. The average Bonchev–Trinajstić information content (AvgIpc) is 2.96. The van der Waals surface area contributed by atoms with Crippen molar-refractivity contribution in [3.8, 4) is 0 Å². The number of nitrogens with zero attached hydrogens (tertiary/aromatic N) is 1. The Labute approximate surface area is 119 Å². The van der Waals surface area contributed by atoms with Gasteiger partial charge in [0.2, 0.25) is 0 Å². The summed E-state index contributed by atoms with van der Waals surface area (Å²) in [4.78, 5) is 2.74. The molecule has 1 saturated carbocycles. The van der Waals surface area contributed by atoms with Crippen molar-refractivity contribution in [3.63, 3.8) is 0 Å². The fourth-order valence-electron chi connectivity index (χ4n) is 3.94. The molecular weight excluding hydrogens is 236 g/mol. The Morgan fingerprint density at radius 2 is 2.00 bits per heavy atom. The van der Waals surface area contributed by atoms with E-state index >= 15 is 0 Å². The Morgan fingerprint density at radius 3 is 2.68 bits per heavy atom. The zero-order chi connectivity index (χ0) is 13.5. The van der Waals surface area contributed by atoms with Crippen LogP contribution in [0.4, 0.5) is 0 Å². The van der Waals surface area contributed by atoms with Gasteiger partial charge < -0.3 is 10.1 Å². The minimum Gasteiger partial charge on any atom is -0.383 e. The third kappa shape index (κ3) is 4.44. The Kier molecular flexibility index (Phi) is 6.62. The summed E-state index contributed by atoms with van der Waals surface area (Å²) >= 11 is 0. The summed E-state index contributed by atoms with van der Waals surface area (Å²) in [5.41, 5.74) is 0. The first-order valence-electron chi connectivity index (χ1n) is 8.31. The highest BCUT2D eigenvalue weighted by molar-refractivity contribution is 4.86. The molecule has 3 heteroatoms. The summed E-state index contributed by atoms with van der Waals surface area (Å²) in [5.74, 6) is 0.909. The van der Waals surface area contributed by atoms with Crippen LogP contribution in [-0.2, 0) is 4.74 Å². The molecule has 3 atom stereocenters. The predicted octanol–water partition coefficient (Wildman–Crippen LogP) is 2.66. The zero-order valence-electron chi connectivity index (χ0n) is 12.9. The first-order valence-corrected chi connectivity index (χ1v) is 8.31. The summed E-state index contributed by atoms with van der Waals surface area (Å²) < 4.78 is 5.33. The van der Waals surface area contributed by atoms with Gasteiger partial charge in [0.1, 0.15) is 0 Å². The minimum atomic E-state index is 0.719. The van der Waals surface area contributed by atoms with E-state index in [2.05, 4.69) is 17.1 Å². The standard InChI is InChI=1S/C16H32N2O/c1-3-14-7-4-5-9-16(14)18(11-12-19-2)13-15-8-6-10-17-15/h14-17H,3-13H2,1-2H3. The Hall–Kier alpha value is -0.120. The molecule has 1 aliphatic carbocycles. The van der Waals surface area contributed by atoms with Crippen molar-refractivity contribution in [1.29, 1.82) is 0 Å². The molecule has 0 aromatic carbocycles. The van der Waals surface area contributed by atoms with Gasteiger partial charge in [-0.3, -0.25) is 4.90 Å². The van der Waals surface area contributed by atoms with E-state index < -0.39 is 0 Å². The van der Waals surface area contributed by atoms with E-state index in [1.807, 2.05) is 7.11 Å². The zero-order valence-corrected chi connectivity index (χ0v) is 12.9. The van der Waals surface area contributed by atoms with E-state index in [4.69, 9.17) is 4.74 Å². The third-order valence-corrected chi connectivity index (χ3v) is 5.06. The van der Waals surface area contributed by atoms with Crippen molar-refractivity contribution >= 4 is 0 Å². The summed E-state index contributed by atoms with van der Waals surface area (Å²) in [6.45, 7) is 6.79. The van der Waals surface area contributed by atoms with Crippen molar-refractivity contribution in [2.45, 2.75) is 64.0 Å². The van der Waals surface area contributed by atoms with E-state index in [9.17, 15) is 0 Å². The molecule has 1 aliphatic heterocycles. The maximum absolute atomic E-state index is 5.33. The Morgan fingerprint density at radius 1 is 1.16 bits per heavy atom. The summed E-state index contributed by atoms with van der Waals surface area (Å²) in [7, 11) is 1.82. The fourth-order valence-corrected chi connectivity index (χ4v) is 3.94. The Bertz CT molecular complexity index is 241. The molecule has 0 aromatic rings. The maximum Gasteiger partial charge on any atom is 0.0589 e. The molecule has 1 saturated heterocycles. The monoisotopic (exact) mass is 268 g/mol. The first kappa shape index (κ1) is 15.3. The lowest BCUT2D eigenvalue weighted by Gasteiger charge is -2.41. The van der Waals surface area contributed by atoms with Crippen LogP contribution < -0.4 is 5.32 Å². The first-order chi connectivity index (χ1) is 9.35. The maximum atomic E-state index is 5.33. The molecule has 19 heavy (non-hydrogen) atoms. The highest BCUT2D eigenvalue weighted by Gasteiger charge is 2.30. The molecule has 3 nitrogen and oxygen atoms in total. The van der Waals surface area contributed by atoms with Gasteiger partial charge in [-0.2, -0.15) is 0 Å². The number of ether oxygens (including phenoxy) is 1. The second kappa shape index (κ2) is 8.23. The topological polar surface area (TPSA) is 24.5 Å². The lowest BCUT2D eigenvalue weighted by Crippen LogP contribution is -2.48. The largest absolute Gasteiger partial charge is 0.383 e. The van der Waals surface area contributed by atoms with Gasteiger partial charge in [-0.15, -0.1) is 0 Å². The highest BCUT2D eigenvalue weighted by atomic mass is 16.5. The van der Waals surface area contributed by atoms with E-state index in [0.29, 0.717) is 0 Å². The van der Waals surface area contributed by atoms with Gasteiger partial charge in [0.25, 0.3) is 0 Å². The quantitative estimate of drug-likeness (QED) is 0.768. The molecule has 1 heterocycles. The van der Waals surface area contributed by atoms with Crippen LogP contribution in [0.2, 0.25) is 0 Å². The predicted molar refractivity (Wildman–Crippen MR) is 80.5 cm³/mol. The van der Waals surface area contributed by atoms with Crippen LogP contribution in [0.5, 0.6) is 0 Å². The summed E-state index contributed by atoms with van der Waals surface area (Å²) in [5, 5.41) is 3.65. The van der Waals surface area contributed by atoms with Gasteiger partial charge >= 0.3 is 0 Å². The molecule has 1 N–H and O–H groups in total. The van der Waals surface area contributed by atoms with Gasteiger partial charge in [0, 0.05) is 32.3 Å². The van der Waals surface area contributed by atoms with Crippen LogP contribution >= 0.6 is 0 Å². The van der Waals surface area contributed by atoms with Gasteiger partial charge in [-0.25, -0.2) is 0 Å². The molecule has 112 valence electrons. The van der Waals surface area contributed by atoms with Crippen LogP contribution in [0, 0.1) is 5.92 Å². The third-order valence-electron chi connectivity index (χ3n) is 5.06. The molecule has 0 spiro atoms. The molecule has 0 bridgehead atoms. The number of nitrogens with one attached hydrogen (secondary N) is 1. The van der Waals surface area contributed by atoms with E-state index in [1.165, 1.54) is 58.0 Å². The van der Waals surface area contributed by atoms with E-state index in [0.717, 1.165) is 31.2 Å². The van der Waals surface area contributed by atoms with Crippen LogP contribution in [0.15, 0.2) is 0 Å². The van der Waals surface area contributed by atoms with Crippen molar-refractivity contribution in [2.75, 3.05) is 33.4 Å². The molecule has 2 aliphatic rings. The second-order valence-electron chi connectivity index (χ2n) is 6.30. The molecule has 0 amide bonds. The van der Waals surface area contributed by atoms with Crippen LogP contribution in [0.1, 0.15) is 51.9 Å². The van der Waals surface area contributed by atoms with Crippen molar-refractivity contribution < 1.29 is 4.74 Å². The minimum absolute atomic E-state index is 0.719. The van der Waals surface area contributed by atoms with E-state index in [-0.39, 0.29) is 0 Å². The average molecular weight is 268 g/mol. The van der Waals surface area contributed by atoms with Gasteiger partial charge in [0.15, 0.2) is 0 Å². The van der Waals surface area contributed by atoms with Gasteiger partial charge in [-0.1, -0.05) is 26.2 Å². The fraction of sp³-hybridized carbons (Fsp3) is 1.00. The van der Waals surface area contributed by atoms with Crippen LogP contribution in [0.25, 0.3) is 0 Å². The molecule has 0 aromatic heterocycles. The number of methoxy groups -OCH3 is 1. The molecular formula is C16H32N2O.